The van der Waals surface area contributed by atoms with Crippen LogP contribution in [0.25, 0.3) is 0 Å². The van der Waals surface area contributed by atoms with E-state index in [1.165, 1.54) is 0 Å². The normalized spacial score (nSPS) is 17.1. The van der Waals surface area contributed by atoms with Crippen molar-refractivity contribution in [2.45, 2.75) is 25.4 Å². The number of benzene rings is 1. The number of fused-ring (bicyclic) bond motifs is 1. The molecule has 0 spiro atoms. The zero-order valence-corrected chi connectivity index (χ0v) is 12.9. The Hall–Kier alpha value is -1.79. The predicted octanol–water partition coefficient (Wildman–Crippen LogP) is 0.878. The minimum atomic E-state index is -0.866. The number of amides is 1. The summed E-state index contributed by atoms with van der Waals surface area (Å²) in [4.78, 5) is 13.4. The molecule has 1 unspecified atom stereocenters. The van der Waals surface area contributed by atoms with E-state index in [0.717, 1.165) is 16.9 Å². The zero-order valence-electron chi connectivity index (χ0n) is 12.9. The first-order valence-electron chi connectivity index (χ1n) is 7.10. The number of nitrogens with two attached hydrogens (primary N) is 1. The summed E-state index contributed by atoms with van der Waals surface area (Å²) in [7, 11) is 3.83. The predicted molar refractivity (Wildman–Crippen MR) is 85.5 cm³/mol. The summed E-state index contributed by atoms with van der Waals surface area (Å²) in [6, 6.07) is 3.73. The summed E-state index contributed by atoms with van der Waals surface area (Å²) < 4.78 is 0. The van der Waals surface area contributed by atoms with Gasteiger partial charge in [0.1, 0.15) is 0 Å². The van der Waals surface area contributed by atoms with Crippen molar-refractivity contribution in [2.24, 2.45) is 0 Å². The third-order valence-corrected chi connectivity index (χ3v) is 3.49. The van der Waals surface area contributed by atoms with Gasteiger partial charge in [0.15, 0.2) is 0 Å². The lowest BCUT2D eigenvalue weighted by Crippen LogP contribution is -2.43. The molecule has 0 saturated carbocycles. The lowest BCUT2D eigenvalue weighted by atomic mass is 10.0. The summed E-state index contributed by atoms with van der Waals surface area (Å²) in [5, 5.41) is 16.3. The minimum absolute atomic E-state index is 0.0258. The van der Waals surface area contributed by atoms with Crippen LogP contribution in [0, 0.1) is 0 Å². The van der Waals surface area contributed by atoms with Crippen LogP contribution >= 0.6 is 0 Å². The Morgan fingerprint density at radius 1 is 1.43 bits per heavy atom. The fraction of sp³-hybridized carbons (Fsp3) is 0.533. The molecule has 1 aliphatic rings. The molecular formula is C15H24N4O2. The van der Waals surface area contributed by atoms with E-state index in [9.17, 15) is 9.90 Å². The highest BCUT2D eigenvalue weighted by Crippen LogP contribution is 2.31. The number of aliphatic hydroxyl groups is 1. The molecule has 1 aromatic carbocycles. The molecular weight excluding hydrogens is 268 g/mol. The number of hydrogen-bond donors (Lipinski definition) is 4. The molecule has 116 valence electrons. The number of carbonyl (C=O) groups is 1. The van der Waals surface area contributed by atoms with Gasteiger partial charge in [-0.15, -0.1) is 0 Å². The van der Waals surface area contributed by atoms with Gasteiger partial charge < -0.3 is 26.4 Å². The highest BCUT2D eigenvalue weighted by molar-refractivity contribution is 5.95. The first kappa shape index (κ1) is 15.6. The average Bonchev–Trinajstić information content (AvgIpc) is 2.35. The zero-order chi connectivity index (χ0) is 15.6. The Balaban J connectivity index is 2.10. The average molecular weight is 292 g/mol. The van der Waals surface area contributed by atoms with E-state index in [1.54, 1.807) is 6.92 Å². The summed E-state index contributed by atoms with van der Waals surface area (Å²) in [5.74, 6) is 0.0258. The second kappa shape index (κ2) is 5.91. The summed E-state index contributed by atoms with van der Waals surface area (Å²) >= 11 is 0. The van der Waals surface area contributed by atoms with E-state index >= 15 is 0 Å². The standard InChI is InChI=1S/C15H24N4O2/c1-15(21,9-19(2)3)8-17-13-7-12-10(6-11(13)16)4-5-14(20)18-12/h6-7,17,21H,4-5,8-9,16H2,1-3H3,(H,18,20). The second-order valence-corrected chi connectivity index (χ2v) is 6.23. The van der Waals surface area contributed by atoms with E-state index in [0.29, 0.717) is 31.6 Å². The van der Waals surface area contributed by atoms with Gasteiger partial charge in [0.2, 0.25) is 5.91 Å². The van der Waals surface area contributed by atoms with Crippen LogP contribution < -0.4 is 16.4 Å². The molecule has 0 radical (unpaired) electrons. The van der Waals surface area contributed by atoms with E-state index in [-0.39, 0.29) is 5.91 Å². The van der Waals surface area contributed by atoms with Crippen molar-refractivity contribution in [3.05, 3.63) is 17.7 Å². The number of rotatable bonds is 5. The maximum atomic E-state index is 11.5. The van der Waals surface area contributed by atoms with E-state index in [4.69, 9.17) is 5.73 Å². The SMILES string of the molecule is CN(C)CC(C)(O)CNc1cc2c(cc1N)CCC(=O)N2. The number of nitrogens with one attached hydrogen (secondary N) is 2. The van der Waals surface area contributed by atoms with Crippen LogP contribution in [0.2, 0.25) is 0 Å². The van der Waals surface area contributed by atoms with Crippen LogP contribution in [0.15, 0.2) is 12.1 Å². The van der Waals surface area contributed by atoms with E-state index in [1.807, 2.05) is 31.1 Å². The number of anilines is 3. The van der Waals surface area contributed by atoms with Crippen molar-refractivity contribution in [2.75, 3.05) is 43.6 Å². The number of nitrogens with zero attached hydrogens (tertiary/aromatic N) is 1. The molecule has 1 aliphatic heterocycles. The van der Waals surface area contributed by atoms with Gasteiger partial charge in [-0.3, -0.25) is 4.79 Å². The van der Waals surface area contributed by atoms with Crippen molar-refractivity contribution < 1.29 is 9.90 Å². The van der Waals surface area contributed by atoms with Gasteiger partial charge in [0.05, 0.1) is 17.0 Å². The van der Waals surface area contributed by atoms with Crippen LogP contribution in [-0.4, -0.2) is 48.7 Å². The molecule has 2 rings (SSSR count). The highest BCUT2D eigenvalue weighted by atomic mass is 16.3. The number of aryl methyl sites for hydroxylation is 1. The summed E-state index contributed by atoms with van der Waals surface area (Å²) in [6.07, 6.45) is 1.21. The van der Waals surface area contributed by atoms with Gasteiger partial charge in [-0.2, -0.15) is 0 Å². The lowest BCUT2D eigenvalue weighted by Gasteiger charge is -2.28. The molecule has 6 heteroatoms. The van der Waals surface area contributed by atoms with Crippen LogP contribution in [0.5, 0.6) is 0 Å². The fourth-order valence-electron chi connectivity index (χ4n) is 2.62. The molecule has 0 aromatic heterocycles. The van der Waals surface area contributed by atoms with Gasteiger partial charge in [0.25, 0.3) is 0 Å². The maximum absolute atomic E-state index is 11.5. The lowest BCUT2D eigenvalue weighted by molar-refractivity contribution is -0.116. The van der Waals surface area contributed by atoms with Crippen LogP contribution in [0.1, 0.15) is 18.9 Å². The number of likely N-dealkylation sites (N-methyl/N-ethyl adjacent to an activating group) is 1. The fourth-order valence-corrected chi connectivity index (χ4v) is 2.62. The van der Waals surface area contributed by atoms with Crippen molar-refractivity contribution >= 4 is 23.0 Å². The monoisotopic (exact) mass is 292 g/mol. The quantitative estimate of drug-likeness (QED) is 0.605. The maximum Gasteiger partial charge on any atom is 0.224 e. The van der Waals surface area contributed by atoms with Gasteiger partial charge >= 0.3 is 0 Å². The van der Waals surface area contributed by atoms with Gasteiger partial charge in [-0.1, -0.05) is 0 Å². The Morgan fingerprint density at radius 3 is 2.81 bits per heavy atom. The summed E-state index contributed by atoms with van der Waals surface area (Å²) in [5.41, 5.74) is 8.39. The molecule has 0 bridgehead atoms. The molecule has 1 atom stereocenters. The molecule has 5 N–H and O–H groups in total. The molecule has 0 fully saturated rings. The van der Waals surface area contributed by atoms with Crippen LogP contribution in [0.3, 0.4) is 0 Å². The Bertz CT molecular complexity index is 541. The number of nitrogen functional groups attached to an aromatic ring is 1. The van der Waals surface area contributed by atoms with Crippen LogP contribution in [0.4, 0.5) is 17.1 Å². The molecule has 0 saturated heterocycles. The van der Waals surface area contributed by atoms with Crippen LogP contribution in [-0.2, 0) is 11.2 Å². The number of carbonyl (C=O) groups excluding carboxylic acids is 1. The molecule has 1 amide bonds. The minimum Gasteiger partial charge on any atom is -0.397 e. The summed E-state index contributed by atoms with van der Waals surface area (Å²) in [6.45, 7) is 2.69. The van der Waals surface area contributed by atoms with Gasteiger partial charge in [0, 0.05) is 25.2 Å². The molecule has 0 aliphatic carbocycles. The number of hydrogen-bond acceptors (Lipinski definition) is 5. The largest absolute Gasteiger partial charge is 0.397 e. The van der Waals surface area contributed by atoms with Crippen molar-refractivity contribution in [3.63, 3.8) is 0 Å². The smallest absolute Gasteiger partial charge is 0.224 e. The first-order chi connectivity index (χ1) is 9.77. The van der Waals surface area contributed by atoms with E-state index < -0.39 is 5.60 Å². The first-order valence-corrected chi connectivity index (χ1v) is 7.10. The molecule has 1 aromatic rings. The van der Waals surface area contributed by atoms with E-state index in [2.05, 4.69) is 10.6 Å². The van der Waals surface area contributed by atoms with Gasteiger partial charge in [-0.25, -0.2) is 0 Å². The van der Waals surface area contributed by atoms with Crippen molar-refractivity contribution in [3.8, 4) is 0 Å². The second-order valence-electron chi connectivity index (χ2n) is 6.23. The Kier molecular flexibility index (Phi) is 4.39. The Labute approximate surface area is 125 Å². The van der Waals surface area contributed by atoms with Crippen molar-refractivity contribution in [1.29, 1.82) is 0 Å². The van der Waals surface area contributed by atoms with Gasteiger partial charge in [-0.05, 0) is 45.1 Å². The molecule has 1 heterocycles. The van der Waals surface area contributed by atoms with Crippen molar-refractivity contribution in [1.82, 2.24) is 4.90 Å². The molecule has 21 heavy (non-hydrogen) atoms. The topological polar surface area (TPSA) is 90.6 Å². The third kappa shape index (κ3) is 4.09. The third-order valence-electron chi connectivity index (χ3n) is 3.49. The highest BCUT2D eigenvalue weighted by Gasteiger charge is 2.22. The molecule has 6 nitrogen and oxygen atoms in total. The Morgan fingerprint density at radius 2 is 2.14 bits per heavy atom.